The normalized spacial score (nSPS) is 25.2. The summed E-state index contributed by atoms with van der Waals surface area (Å²) in [5.74, 6) is 1.19. The summed E-state index contributed by atoms with van der Waals surface area (Å²) in [6.07, 6.45) is 1.59. The number of hydrogen-bond acceptors (Lipinski definition) is 2. The highest BCUT2D eigenvalue weighted by Crippen LogP contribution is 2.20. The molecule has 3 nitrogen and oxygen atoms in total. The van der Waals surface area contributed by atoms with E-state index in [0.29, 0.717) is 31.3 Å². The van der Waals surface area contributed by atoms with Crippen molar-refractivity contribution < 1.29 is 8.42 Å². The summed E-state index contributed by atoms with van der Waals surface area (Å²) in [4.78, 5) is 0. The molecule has 0 bridgehead atoms. The molecular weight excluding hydrogens is 210 g/mol. The van der Waals surface area contributed by atoms with Crippen molar-refractivity contribution >= 4 is 21.6 Å². The summed E-state index contributed by atoms with van der Waals surface area (Å²) in [6, 6.07) is 0. The summed E-state index contributed by atoms with van der Waals surface area (Å²) in [5, 5.41) is 0. The van der Waals surface area contributed by atoms with Gasteiger partial charge in [0.05, 0.1) is 5.75 Å². The van der Waals surface area contributed by atoms with Crippen LogP contribution in [0.25, 0.3) is 0 Å². The average molecular weight is 226 g/mol. The minimum atomic E-state index is -2.98. The lowest BCUT2D eigenvalue weighted by Crippen LogP contribution is -2.31. The second kappa shape index (κ2) is 4.62. The van der Waals surface area contributed by atoms with Crippen LogP contribution in [-0.2, 0) is 10.0 Å². The van der Waals surface area contributed by atoms with Crippen molar-refractivity contribution in [3.8, 4) is 0 Å². The molecule has 0 aromatic heterocycles. The third kappa shape index (κ3) is 2.82. The predicted molar refractivity (Wildman–Crippen MR) is 54.5 cm³/mol. The van der Waals surface area contributed by atoms with Gasteiger partial charge in [0.25, 0.3) is 0 Å². The molecule has 0 aromatic rings. The van der Waals surface area contributed by atoms with E-state index in [2.05, 4.69) is 0 Å². The van der Waals surface area contributed by atoms with Gasteiger partial charge in [0.15, 0.2) is 0 Å². The smallest absolute Gasteiger partial charge is 0.212 e. The number of halogens is 1. The van der Waals surface area contributed by atoms with Gasteiger partial charge in [0, 0.05) is 19.0 Å². The Hall–Kier alpha value is 0.200. The van der Waals surface area contributed by atoms with Gasteiger partial charge in [0.2, 0.25) is 10.0 Å². The van der Waals surface area contributed by atoms with E-state index in [1.54, 1.807) is 4.31 Å². The number of nitrogens with zero attached hydrogens (tertiary/aromatic N) is 1. The monoisotopic (exact) mass is 225 g/mol. The maximum atomic E-state index is 11.6. The number of hydrogen-bond donors (Lipinski definition) is 0. The molecule has 1 atom stereocenters. The molecule has 0 N–H and O–H groups in total. The van der Waals surface area contributed by atoms with Gasteiger partial charge < -0.3 is 0 Å². The van der Waals surface area contributed by atoms with Crippen LogP contribution in [0.4, 0.5) is 0 Å². The second-order valence-electron chi connectivity index (χ2n) is 3.48. The maximum Gasteiger partial charge on any atom is 0.214 e. The molecule has 1 aliphatic heterocycles. The van der Waals surface area contributed by atoms with Gasteiger partial charge in [-0.25, -0.2) is 12.7 Å². The molecule has 5 heteroatoms. The van der Waals surface area contributed by atoms with Gasteiger partial charge in [-0.15, -0.1) is 11.6 Å². The molecule has 0 spiro atoms. The minimum Gasteiger partial charge on any atom is -0.212 e. The van der Waals surface area contributed by atoms with Crippen LogP contribution in [0.15, 0.2) is 0 Å². The van der Waals surface area contributed by atoms with Crippen molar-refractivity contribution in [2.45, 2.75) is 19.8 Å². The first-order chi connectivity index (χ1) is 6.10. The quantitative estimate of drug-likeness (QED) is 0.677. The molecule has 0 saturated carbocycles. The summed E-state index contributed by atoms with van der Waals surface area (Å²) in [6.45, 7) is 3.15. The van der Waals surface area contributed by atoms with Crippen molar-refractivity contribution in [2.75, 3.05) is 24.7 Å². The fourth-order valence-electron chi connectivity index (χ4n) is 1.56. The summed E-state index contributed by atoms with van der Waals surface area (Å²) < 4.78 is 24.7. The number of rotatable bonds is 4. The maximum absolute atomic E-state index is 11.6. The zero-order chi connectivity index (χ0) is 9.90. The Bertz CT molecular complexity index is 253. The van der Waals surface area contributed by atoms with Crippen LogP contribution in [0.5, 0.6) is 0 Å². The molecule has 0 aliphatic carbocycles. The third-order valence-electron chi connectivity index (χ3n) is 2.32. The van der Waals surface area contributed by atoms with Crippen LogP contribution >= 0.6 is 11.6 Å². The predicted octanol–water partition coefficient (Wildman–Crippen LogP) is 1.29. The van der Waals surface area contributed by atoms with E-state index >= 15 is 0 Å². The van der Waals surface area contributed by atoms with E-state index in [4.69, 9.17) is 11.6 Å². The summed E-state index contributed by atoms with van der Waals surface area (Å²) in [5.41, 5.74) is 0. The molecular formula is C8H16ClNO2S. The van der Waals surface area contributed by atoms with Crippen molar-refractivity contribution in [1.82, 2.24) is 4.31 Å². The van der Waals surface area contributed by atoms with Crippen LogP contribution in [-0.4, -0.2) is 37.4 Å². The Morgan fingerprint density at radius 3 is 2.69 bits per heavy atom. The minimum absolute atomic E-state index is 0.266. The molecule has 13 heavy (non-hydrogen) atoms. The van der Waals surface area contributed by atoms with E-state index in [1.807, 2.05) is 6.92 Å². The van der Waals surface area contributed by atoms with E-state index in [0.717, 1.165) is 6.42 Å². The number of alkyl halides is 1. The van der Waals surface area contributed by atoms with E-state index in [-0.39, 0.29) is 5.75 Å². The zero-order valence-electron chi connectivity index (χ0n) is 7.87. The van der Waals surface area contributed by atoms with Crippen molar-refractivity contribution in [2.24, 2.45) is 5.92 Å². The molecule has 0 aromatic carbocycles. The standard InChI is InChI=1S/C8H16ClNO2S/c1-2-5-13(11,12)10-4-3-8(6-9)7-10/h8H,2-7H2,1H3. The highest BCUT2D eigenvalue weighted by molar-refractivity contribution is 7.89. The molecule has 1 unspecified atom stereocenters. The lowest BCUT2D eigenvalue weighted by Gasteiger charge is -2.15. The molecule has 0 radical (unpaired) electrons. The summed E-state index contributed by atoms with van der Waals surface area (Å²) >= 11 is 5.68. The largest absolute Gasteiger partial charge is 0.214 e. The lowest BCUT2D eigenvalue weighted by molar-refractivity contribution is 0.464. The molecule has 1 aliphatic rings. The third-order valence-corrected chi connectivity index (χ3v) is 4.80. The van der Waals surface area contributed by atoms with Crippen molar-refractivity contribution in [1.29, 1.82) is 0 Å². The summed E-state index contributed by atoms with van der Waals surface area (Å²) in [7, 11) is -2.98. The van der Waals surface area contributed by atoms with E-state index in [9.17, 15) is 8.42 Å². The van der Waals surface area contributed by atoms with Crippen LogP contribution < -0.4 is 0 Å². The first kappa shape index (κ1) is 11.3. The Morgan fingerprint density at radius 1 is 1.54 bits per heavy atom. The Kier molecular flexibility index (Phi) is 4.01. The van der Waals surface area contributed by atoms with Crippen molar-refractivity contribution in [3.63, 3.8) is 0 Å². The van der Waals surface area contributed by atoms with Gasteiger partial charge in [-0.05, 0) is 18.8 Å². The van der Waals surface area contributed by atoms with Crippen molar-refractivity contribution in [3.05, 3.63) is 0 Å². The topological polar surface area (TPSA) is 37.4 Å². The Balaban J connectivity index is 2.55. The van der Waals surface area contributed by atoms with Crippen LogP contribution in [0.1, 0.15) is 19.8 Å². The SMILES string of the molecule is CCCS(=O)(=O)N1CCC(CCl)C1. The van der Waals surface area contributed by atoms with Gasteiger partial charge in [-0.2, -0.15) is 0 Å². The number of sulfonamides is 1. The fourth-order valence-corrected chi connectivity index (χ4v) is 3.41. The highest BCUT2D eigenvalue weighted by atomic mass is 35.5. The molecule has 1 saturated heterocycles. The van der Waals surface area contributed by atoms with Gasteiger partial charge in [-0.1, -0.05) is 6.92 Å². The molecule has 78 valence electrons. The molecule has 0 amide bonds. The molecule has 1 fully saturated rings. The van der Waals surface area contributed by atoms with Crippen LogP contribution in [0.2, 0.25) is 0 Å². The molecule has 1 heterocycles. The second-order valence-corrected chi connectivity index (χ2v) is 5.88. The average Bonchev–Trinajstić information content (AvgIpc) is 2.52. The first-order valence-electron chi connectivity index (χ1n) is 4.64. The van der Waals surface area contributed by atoms with Gasteiger partial charge in [0.1, 0.15) is 0 Å². The molecule has 1 rings (SSSR count). The van der Waals surface area contributed by atoms with Crippen LogP contribution in [0, 0.1) is 5.92 Å². The Morgan fingerprint density at radius 2 is 2.23 bits per heavy atom. The fraction of sp³-hybridized carbons (Fsp3) is 1.00. The van der Waals surface area contributed by atoms with Gasteiger partial charge >= 0.3 is 0 Å². The van der Waals surface area contributed by atoms with E-state index < -0.39 is 10.0 Å². The van der Waals surface area contributed by atoms with E-state index in [1.165, 1.54) is 0 Å². The Labute approximate surface area is 85.1 Å². The van der Waals surface area contributed by atoms with Gasteiger partial charge in [-0.3, -0.25) is 0 Å². The first-order valence-corrected chi connectivity index (χ1v) is 6.78. The highest BCUT2D eigenvalue weighted by Gasteiger charge is 2.29. The van der Waals surface area contributed by atoms with Crippen LogP contribution in [0.3, 0.4) is 0 Å². The zero-order valence-corrected chi connectivity index (χ0v) is 9.44. The lowest BCUT2D eigenvalue weighted by atomic mass is 10.2.